The highest BCUT2D eigenvalue weighted by molar-refractivity contribution is 5.99. The Balaban J connectivity index is 2.05. The highest BCUT2D eigenvalue weighted by atomic mass is 16.3. The highest BCUT2D eigenvalue weighted by Crippen LogP contribution is 2.36. The summed E-state index contributed by atoms with van der Waals surface area (Å²) < 4.78 is 0. The summed E-state index contributed by atoms with van der Waals surface area (Å²) >= 11 is 0. The summed E-state index contributed by atoms with van der Waals surface area (Å²) in [5.74, 6) is 0.370. The van der Waals surface area contributed by atoms with Crippen LogP contribution in [0.25, 0.3) is 0 Å². The van der Waals surface area contributed by atoms with Gasteiger partial charge in [0.05, 0.1) is 11.7 Å². The number of aliphatic hydroxyl groups excluding tert-OH is 1. The van der Waals surface area contributed by atoms with E-state index in [0.717, 1.165) is 12.8 Å². The van der Waals surface area contributed by atoms with E-state index in [-0.39, 0.29) is 34.8 Å². The van der Waals surface area contributed by atoms with E-state index in [9.17, 15) is 24.9 Å². The van der Waals surface area contributed by atoms with Crippen molar-refractivity contribution in [3.63, 3.8) is 0 Å². The van der Waals surface area contributed by atoms with Gasteiger partial charge in [-0.3, -0.25) is 9.59 Å². The van der Waals surface area contributed by atoms with Crippen molar-refractivity contribution in [2.75, 3.05) is 0 Å². The van der Waals surface area contributed by atoms with E-state index in [2.05, 4.69) is 13.5 Å². The van der Waals surface area contributed by atoms with Crippen LogP contribution in [0.5, 0.6) is 11.5 Å². The maximum absolute atomic E-state index is 11.8. The second-order valence-corrected chi connectivity index (χ2v) is 7.91. The van der Waals surface area contributed by atoms with Crippen LogP contribution in [0.1, 0.15) is 67.4 Å². The quantitative estimate of drug-likeness (QED) is 0.498. The average Bonchev–Trinajstić information content (AvgIpc) is 2.58. The van der Waals surface area contributed by atoms with Gasteiger partial charge < -0.3 is 15.3 Å². The number of ketones is 2. The van der Waals surface area contributed by atoms with Crippen molar-refractivity contribution in [2.24, 2.45) is 11.8 Å². The lowest BCUT2D eigenvalue weighted by molar-refractivity contribution is -0.122. The molecule has 1 aromatic carbocycles. The van der Waals surface area contributed by atoms with Crippen LogP contribution >= 0.6 is 0 Å². The van der Waals surface area contributed by atoms with Crippen molar-refractivity contribution in [1.29, 1.82) is 0 Å². The molecule has 148 valence electrons. The van der Waals surface area contributed by atoms with Gasteiger partial charge in [0, 0.05) is 24.8 Å². The van der Waals surface area contributed by atoms with Gasteiger partial charge in [-0.2, -0.15) is 0 Å². The predicted molar refractivity (Wildman–Crippen MR) is 104 cm³/mol. The molecule has 5 heteroatoms. The molecule has 0 amide bonds. The molecule has 3 N–H and O–H groups in total. The van der Waals surface area contributed by atoms with Crippen LogP contribution < -0.4 is 0 Å². The third-order valence-electron chi connectivity index (χ3n) is 5.81. The average molecular weight is 374 g/mol. The Morgan fingerprint density at radius 3 is 2.67 bits per heavy atom. The molecule has 1 aliphatic carbocycles. The maximum Gasteiger partial charge on any atom is 0.163 e. The molecule has 5 nitrogen and oxygen atoms in total. The molecule has 0 radical (unpaired) electrons. The largest absolute Gasteiger partial charge is 0.508 e. The molecule has 1 aliphatic rings. The number of benzene rings is 1. The van der Waals surface area contributed by atoms with Gasteiger partial charge in [0.2, 0.25) is 0 Å². The lowest BCUT2D eigenvalue weighted by atomic mass is 9.76. The second kappa shape index (κ2) is 8.70. The zero-order chi connectivity index (χ0) is 20.3. The number of rotatable bonds is 7. The molecule has 0 bridgehead atoms. The fourth-order valence-corrected chi connectivity index (χ4v) is 3.95. The number of carbonyl (C=O) groups excluding carboxylic acids is 2. The van der Waals surface area contributed by atoms with Gasteiger partial charge in [-0.1, -0.05) is 13.5 Å². The minimum absolute atomic E-state index is 0.0176. The van der Waals surface area contributed by atoms with Gasteiger partial charge in [0.1, 0.15) is 17.3 Å². The van der Waals surface area contributed by atoms with Crippen molar-refractivity contribution < 1.29 is 24.9 Å². The fourth-order valence-electron chi connectivity index (χ4n) is 3.95. The number of hydrogen-bond donors (Lipinski definition) is 3. The van der Waals surface area contributed by atoms with Crippen LogP contribution in [-0.4, -0.2) is 33.0 Å². The van der Waals surface area contributed by atoms with Crippen molar-refractivity contribution in [2.45, 2.75) is 65.4 Å². The number of aliphatic hydroxyl groups is 1. The fraction of sp³-hybridized carbons (Fsp3) is 0.545. The van der Waals surface area contributed by atoms with Crippen molar-refractivity contribution in [1.82, 2.24) is 0 Å². The molecule has 0 heterocycles. The third-order valence-corrected chi connectivity index (χ3v) is 5.81. The lowest BCUT2D eigenvalue weighted by Crippen LogP contribution is -2.23. The van der Waals surface area contributed by atoms with Crippen LogP contribution in [-0.2, 0) is 11.2 Å². The van der Waals surface area contributed by atoms with E-state index < -0.39 is 6.10 Å². The molecule has 0 spiro atoms. The number of Topliss-reactive ketones (excluding diaryl/α,β-unsaturated/α-hetero) is 2. The van der Waals surface area contributed by atoms with Crippen molar-refractivity contribution >= 4 is 11.6 Å². The number of hydrogen-bond acceptors (Lipinski definition) is 5. The van der Waals surface area contributed by atoms with Crippen molar-refractivity contribution in [3.8, 4) is 11.5 Å². The van der Waals surface area contributed by atoms with E-state index in [1.54, 1.807) is 6.92 Å². The molecule has 0 aliphatic heterocycles. The Bertz CT molecular complexity index is 750. The monoisotopic (exact) mass is 374 g/mol. The van der Waals surface area contributed by atoms with Gasteiger partial charge in [0.25, 0.3) is 0 Å². The van der Waals surface area contributed by atoms with E-state index in [1.165, 1.54) is 13.0 Å². The second-order valence-electron chi connectivity index (χ2n) is 7.91. The Hall–Kier alpha value is -2.14. The minimum Gasteiger partial charge on any atom is -0.508 e. The molecule has 1 fully saturated rings. The summed E-state index contributed by atoms with van der Waals surface area (Å²) in [7, 11) is 0. The zero-order valence-corrected chi connectivity index (χ0v) is 16.4. The van der Waals surface area contributed by atoms with Gasteiger partial charge in [-0.05, 0) is 62.1 Å². The molecule has 3 unspecified atom stereocenters. The summed E-state index contributed by atoms with van der Waals surface area (Å²) in [6.07, 6.45) is 2.56. The van der Waals surface area contributed by atoms with Crippen molar-refractivity contribution in [3.05, 3.63) is 34.9 Å². The SMILES string of the molecule is C=C(CCC1CC(=O)CCC1C)C(O)Cc1c(O)cc(C)c(C(C)=O)c1O. The molecule has 3 atom stereocenters. The van der Waals surface area contributed by atoms with E-state index >= 15 is 0 Å². The molecular weight excluding hydrogens is 344 g/mol. The summed E-state index contributed by atoms with van der Waals surface area (Å²) in [4.78, 5) is 23.4. The summed E-state index contributed by atoms with van der Waals surface area (Å²) in [5.41, 5.74) is 1.41. The molecule has 0 aromatic heterocycles. The number of carbonyl (C=O) groups is 2. The van der Waals surface area contributed by atoms with Crippen LogP contribution in [0, 0.1) is 18.8 Å². The van der Waals surface area contributed by atoms with E-state index in [0.29, 0.717) is 48.0 Å². The standard InChI is InChI=1S/C22H30O5/c1-12-6-8-17(24)10-16(12)7-5-13(2)19(25)11-18-20(26)9-14(3)21(15(4)23)22(18)27/h9,12,16,19,25-27H,2,5-8,10-11H2,1,3-4H3. The summed E-state index contributed by atoms with van der Waals surface area (Å²) in [5, 5.41) is 31.0. The topological polar surface area (TPSA) is 94.8 Å². The Morgan fingerprint density at radius 2 is 2.04 bits per heavy atom. The number of phenols is 2. The zero-order valence-electron chi connectivity index (χ0n) is 16.4. The number of aromatic hydroxyl groups is 2. The van der Waals surface area contributed by atoms with Gasteiger partial charge in [-0.25, -0.2) is 0 Å². The van der Waals surface area contributed by atoms with E-state index in [1.807, 2.05) is 0 Å². The first-order valence-corrected chi connectivity index (χ1v) is 9.54. The van der Waals surface area contributed by atoms with Crippen LogP contribution in [0.2, 0.25) is 0 Å². The smallest absolute Gasteiger partial charge is 0.163 e. The normalized spacial score (nSPS) is 21.1. The van der Waals surface area contributed by atoms with Gasteiger partial charge >= 0.3 is 0 Å². The first-order chi connectivity index (χ1) is 12.6. The molecule has 27 heavy (non-hydrogen) atoms. The molecular formula is C22H30O5. The van der Waals surface area contributed by atoms with Crippen LogP contribution in [0.15, 0.2) is 18.2 Å². The Kier molecular flexibility index (Phi) is 6.82. The number of phenolic OH excluding ortho intramolecular Hbond substituents is 2. The first kappa shape index (κ1) is 21.2. The maximum atomic E-state index is 11.8. The third kappa shape index (κ3) is 4.98. The van der Waals surface area contributed by atoms with Gasteiger partial charge in [-0.15, -0.1) is 0 Å². The van der Waals surface area contributed by atoms with Crippen LogP contribution in [0.3, 0.4) is 0 Å². The van der Waals surface area contributed by atoms with Gasteiger partial charge in [0.15, 0.2) is 5.78 Å². The summed E-state index contributed by atoms with van der Waals surface area (Å²) in [6, 6.07) is 1.43. The Morgan fingerprint density at radius 1 is 1.37 bits per heavy atom. The predicted octanol–water partition coefficient (Wildman–Crippen LogP) is 3.85. The lowest BCUT2D eigenvalue weighted by Gasteiger charge is -2.28. The Labute approximate surface area is 160 Å². The molecule has 1 saturated carbocycles. The van der Waals surface area contributed by atoms with Crippen LogP contribution in [0.4, 0.5) is 0 Å². The summed E-state index contributed by atoms with van der Waals surface area (Å²) in [6.45, 7) is 9.10. The first-order valence-electron chi connectivity index (χ1n) is 9.54. The number of aryl methyl sites for hydroxylation is 1. The highest BCUT2D eigenvalue weighted by Gasteiger charge is 2.27. The molecule has 2 rings (SSSR count). The minimum atomic E-state index is -0.945. The molecule has 0 saturated heterocycles. The molecule has 1 aromatic rings. The van der Waals surface area contributed by atoms with E-state index in [4.69, 9.17) is 0 Å².